The molecule has 2 aromatic rings. The van der Waals surface area contributed by atoms with E-state index in [1.165, 1.54) is 5.56 Å². The van der Waals surface area contributed by atoms with E-state index < -0.39 is 0 Å². The van der Waals surface area contributed by atoms with Crippen molar-refractivity contribution in [3.05, 3.63) is 71.8 Å². The van der Waals surface area contributed by atoms with Gasteiger partial charge in [0.1, 0.15) is 0 Å². The van der Waals surface area contributed by atoms with Crippen molar-refractivity contribution in [1.29, 1.82) is 0 Å². The summed E-state index contributed by atoms with van der Waals surface area (Å²) in [6, 6.07) is 20.1. The van der Waals surface area contributed by atoms with Crippen molar-refractivity contribution >= 4 is 0 Å². The Morgan fingerprint density at radius 1 is 0.895 bits per heavy atom. The Labute approximate surface area is 114 Å². The van der Waals surface area contributed by atoms with Gasteiger partial charge in [-0.2, -0.15) is 0 Å². The summed E-state index contributed by atoms with van der Waals surface area (Å²) in [6.07, 6.45) is 1.90. The Morgan fingerprint density at radius 2 is 1.47 bits per heavy atom. The maximum atomic E-state index is 10.1. The summed E-state index contributed by atoms with van der Waals surface area (Å²) in [5, 5.41) is 10.1. The summed E-state index contributed by atoms with van der Waals surface area (Å²) in [5.41, 5.74) is 8.45. The van der Waals surface area contributed by atoms with Crippen LogP contribution in [0.3, 0.4) is 0 Å². The van der Waals surface area contributed by atoms with Crippen LogP contribution in [0.1, 0.15) is 30.0 Å². The van der Waals surface area contributed by atoms with Gasteiger partial charge in [-0.15, -0.1) is 0 Å². The van der Waals surface area contributed by atoms with Crippen molar-refractivity contribution in [3.63, 3.8) is 0 Å². The zero-order valence-electron chi connectivity index (χ0n) is 11.1. The van der Waals surface area contributed by atoms with Crippen molar-refractivity contribution in [3.8, 4) is 0 Å². The van der Waals surface area contributed by atoms with E-state index in [2.05, 4.69) is 12.1 Å². The van der Waals surface area contributed by atoms with Crippen LogP contribution in [0.15, 0.2) is 60.7 Å². The molecule has 0 amide bonds. The first-order valence-corrected chi connectivity index (χ1v) is 6.78. The molecule has 2 nitrogen and oxygen atoms in total. The van der Waals surface area contributed by atoms with E-state index in [0.29, 0.717) is 6.42 Å². The van der Waals surface area contributed by atoms with Gasteiger partial charge < -0.3 is 10.8 Å². The third-order valence-electron chi connectivity index (χ3n) is 3.36. The van der Waals surface area contributed by atoms with E-state index in [0.717, 1.165) is 18.4 Å². The predicted octanol–water partition coefficient (Wildman–Crippen LogP) is 3.07. The average Bonchev–Trinajstić information content (AvgIpc) is 2.47. The Balaban J connectivity index is 1.80. The van der Waals surface area contributed by atoms with Crippen LogP contribution in [-0.2, 0) is 6.42 Å². The fourth-order valence-electron chi connectivity index (χ4n) is 2.23. The minimum absolute atomic E-state index is 0.0908. The molecule has 0 spiro atoms. The van der Waals surface area contributed by atoms with Crippen LogP contribution >= 0.6 is 0 Å². The highest BCUT2D eigenvalue weighted by Gasteiger charge is 2.12. The first-order valence-electron chi connectivity index (χ1n) is 6.78. The largest absolute Gasteiger partial charge is 0.393 e. The van der Waals surface area contributed by atoms with Crippen LogP contribution < -0.4 is 5.73 Å². The normalized spacial score (nSPS) is 14.0. The molecule has 0 saturated heterocycles. The summed E-state index contributed by atoms with van der Waals surface area (Å²) >= 11 is 0. The fraction of sp³-hybridized carbons (Fsp3) is 0.294. The maximum absolute atomic E-state index is 10.1. The lowest BCUT2D eigenvalue weighted by molar-refractivity contribution is 0.146. The van der Waals surface area contributed by atoms with Gasteiger partial charge in [-0.25, -0.2) is 0 Å². The average molecular weight is 255 g/mol. The molecule has 2 atom stereocenters. The number of nitrogens with two attached hydrogens (primary N) is 1. The second-order valence-corrected chi connectivity index (χ2v) is 4.93. The van der Waals surface area contributed by atoms with Crippen molar-refractivity contribution < 1.29 is 5.11 Å². The second kappa shape index (κ2) is 7.07. The van der Waals surface area contributed by atoms with Gasteiger partial charge in [-0.3, -0.25) is 0 Å². The topological polar surface area (TPSA) is 46.2 Å². The lowest BCUT2D eigenvalue weighted by Gasteiger charge is -2.16. The number of aryl methyl sites for hydroxylation is 1. The first kappa shape index (κ1) is 13.8. The van der Waals surface area contributed by atoms with Gasteiger partial charge in [0, 0.05) is 6.04 Å². The molecule has 2 unspecified atom stereocenters. The van der Waals surface area contributed by atoms with E-state index in [1.807, 2.05) is 48.5 Å². The molecule has 2 heteroatoms. The standard InChI is InChI=1S/C17H21NO/c18-17(15-9-5-2-6-10-15)13-16(19)12-11-14-7-3-1-4-8-14/h1-10,16-17,19H,11-13,18H2. The summed E-state index contributed by atoms with van der Waals surface area (Å²) in [4.78, 5) is 0. The fourth-order valence-corrected chi connectivity index (χ4v) is 2.23. The molecule has 0 aromatic heterocycles. The number of aliphatic hydroxyl groups is 1. The summed E-state index contributed by atoms with van der Waals surface area (Å²) in [6.45, 7) is 0. The quantitative estimate of drug-likeness (QED) is 0.833. The van der Waals surface area contributed by atoms with Gasteiger partial charge in [0.2, 0.25) is 0 Å². The van der Waals surface area contributed by atoms with E-state index in [-0.39, 0.29) is 12.1 Å². The van der Waals surface area contributed by atoms with Crippen LogP contribution in [0.25, 0.3) is 0 Å². The molecule has 3 N–H and O–H groups in total. The van der Waals surface area contributed by atoms with Crippen LogP contribution in [0, 0.1) is 0 Å². The van der Waals surface area contributed by atoms with Gasteiger partial charge in [0.05, 0.1) is 6.10 Å². The first-order chi connectivity index (χ1) is 9.25. The summed E-state index contributed by atoms with van der Waals surface area (Å²) in [5.74, 6) is 0. The molecule has 0 fully saturated rings. The van der Waals surface area contributed by atoms with Crippen molar-refractivity contribution in [2.75, 3.05) is 0 Å². The Hall–Kier alpha value is -1.64. The van der Waals surface area contributed by atoms with E-state index in [1.54, 1.807) is 0 Å². The highest BCUT2D eigenvalue weighted by molar-refractivity contribution is 5.18. The Kier molecular flexibility index (Phi) is 5.13. The zero-order chi connectivity index (χ0) is 13.5. The third kappa shape index (κ3) is 4.51. The molecule has 0 aliphatic carbocycles. The van der Waals surface area contributed by atoms with E-state index in [9.17, 15) is 5.11 Å². The Morgan fingerprint density at radius 3 is 2.11 bits per heavy atom. The molecule has 2 aromatic carbocycles. The predicted molar refractivity (Wildman–Crippen MR) is 78.8 cm³/mol. The molecular formula is C17H21NO. The van der Waals surface area contributed by atoms with Gasteiger partial charge >= 0.3 is 0 Å². The highest BCUT2D eigenvalue weighted by atomic mass is 16.3. The molecule has 100 valence electrons. The zero-order valence-corrected chi connectivity index (χ0v) is 11.1. The third-order valence-corrected chi connectivity index (χ3v) is 3.36. The lowest BCUT2D eigenvalue weighted by atomic mass is 9.98. The van der Waals surface area contributed by atoms with Crippen LogP contribution in [0.2, 0.25) is 0 Å². The number of hydrogen-bond donors (Lipinski definition) is 2. The van der Waals surface area contributed by atoms with Crippen LogP contribution in [-0.4, -0.2) is 11.2 Å². The Bertz CT molecular complexity index is 469. The van der Waals surface area contributed by atoms with Crippen molar-refractivity contribution in [2.24, 2.45) is 5.73 Å². The van der Waals surface area contributed by atoms with Gasteiger partial charge in [-0.05, 0) is 30.4 Å². The van der Waals surface area contributed by atoms with Crippen molar-refractivity contribution in [1.82, 2.24) is 0 Å². The van der Waals surface area contributed by atoms with Gasteiger partial charge in [-0.1, -0.05) is 60.7 Å². The molecule has 0 saturated carbocycles. The lowest BCUT2D eigenvalue weighted by Crippen LogP contribution is -2.19. The van der Waals surface area contributed by atoms with Crippen LogP contribution in [0.5, 0.6) is 0 Å². The number of aliphatic hydroxyl groups excluding tert-OH is 1. The van der Waals surface area contributed by atoms with E-state index in [4.69, 9.17) is 5.73 Å². The molecule has 2 rings (SSSR count). The monoisotopic (exact) mass is 255 g/mol. The van der Waals surface area contributed by atoms with Crippen LogP contribution in [0.4, 0.5) is 0 Å². The summed E-state index contributed by atoms with van der Waals surface area (Å²) in [7, 11) is 0. The molecule has 0 aliphatic rings. The summed E-state index contributed by atoms with van der Waals surface area (Å²) < 4.78 is 0. The molecule has 19 heavy (non-hydrogen) atoms. The molecule has 0 heterocycles. The highest BCUT2D eigenvalue weighted by Crippen LogP contribution is 2.17. The van der Waals surface area contributed by atoms with Gasteiger partial charge in [0.25, 0.3) is 0 Å². The molecule has 0 aliphatic heterocycles. The molecule has 0 radical (unpaired) electrons. The smallest absolute Gasteiger partial charge is 0.0561 e. The SMILES string of the molecule is NC(CC(O)CCc1ccccc1)c1ccccc1. The number of hydrogen-bond acceptors (Lipinski definition) is 2. The number of benzene rings is 2. The minimum atomic E-state index is -0.351. The van der Waals surface area contributed by atoms with Gasteiger partial charge in [0.15, 0.2) is 0 Å². The molecular weight excluding hydrogens is 234 g/mol. The number of rotatable bonds is 6. The minimum Gasteiger partial charge on any atom is -0.393 e. The second-order valence-electron chi connectivity index (χ2n) is 4.93. The van der Waals surface area contributed by atoms with E-state index >= 15 is 0 Å². The molecule has 0 bridgehead atoms. The maximum Gasteiger partial charge on any atom is 0.0561 e. The van der Waals surface area contributed by atoms with Crippen molar-refractivity contribution in [2.45, 2.75) is 31.4 Å².